The molecule has 16 heavy (non-hydrogen) atoms. The van der Waals surface area contributed by atoms with Gasteiger partial charge in [0.15, 0.2) is 5.22 Å². The summed E-state index contributed by atoms with van der Waals surface area (Å²) in [6.45, 7) is 0. The number of benzene rings is 1. The second-order valence-electron chi connectivity index (χ2n) is 2.91. The number of hydrogen-bond donors (Lipinski definition) is 1. The van der Waals surface area contributed by atoms with Crippen molar-refractivity contribution in [3.05, 3.63) is 46.8 Å². The van der Waals surface area contributed by atoms with Gasteiger partial charge in [0.05, 0.1) is 10.1 Å². The minimum Gasteiger partial charge on any atom is -0.345 e. The van der Waals surface area contributed by atoms with Crippen LogP contribution in [0.25, 0.3) is 11.4 Å². The van der Waals surface area contributed by atoms with Crippen molar-refractivity contribution in [3.8, 4) is 11.4 Å². The van der Waals surface area contributed by atoms with Crippen LogP contribution in [0, 0.1) is 10.1 Å². The third kappa shape index (κ3) is 2.27. The van der Waals surface area contributed by atoms with Crippen LogP contribution >= 0.6 is 0 Å². The van der Waals surface area contributed by atoms with Gasteiger partial charge in [0.25, 0.3) is 0 Å². The van der Waals surface area contributed by atoms with E-state index in [0.717, 1.165) is 11.4 Å². The van der Waals surface area contributed by atoms with Gasteiger partial charge in [0, 0.05) is 18.0 Å². The molecular weight excluding hydrogens is 210 g/mol. The van der Waals surface area contributed by atoms with Gasteiger partial charge in [-0.05, 0) is 24.3 Å². The largest absolute Gasteiger partial charge is 0.345 e. The van der Waals surface area contributed by atoms with Crippen molar-refractivity contribution in [3.63, 3.8) is 0 Å². The number of imidazole rings is 1. The predicted molar refractivity (Wildman–Crippen MR) is 55.5 cm³/mol. The number of aromatic nitrogens is 2. The molecule has 0 radical (unpaired) electrons. The van der Waals surface area contributed by atoms with E-state index in [0.29, 0.717) is 5.69 Å². The van der Waals surface area contributed by atoms with Crippen LogP contribution in [0.2, 0.25) is 0 Å². The zero-order valence-electron chi connectivity index (χ0n) is 8.07. The summed E-state index contributed by atoms with van der Waals surface area (Å²) in [6, 6.07) is 6.77. The standard InChI is InChI=1S/C9H7N5O2/c15-14(16)13-12-8-3-1-7(2-4-8)9-10-5-6-11-9/h1-6H,(H,10,11). The van der Waals surface area contributed by atoms with Crippen molar-refractivity contribution >= 4 is 5.69 Å². The van der Waals surface area contributed by atoms with E-state index in [-0.39, 0.29) is 0 Å². The summed E-state index contributed by atoms with van der Waals surface area (Å²) in [4.78, 5) is 17.0. The number of hydrogen-bond acceptors (Lipinski definition) is 4. The molecule has 0 saturated carbocycles. The van der Waals surface area contributed by atoms with Gasteiger partial charge in [-0.25, -0.2) is 4.98 Å². The first-order valence-electron chi connectivity index (χ1n) is 4.41. The summed E-state index contributed by atoms with van der Waals surface area (Å²) in [5.41, 5.74) is 1.30. The molecule has 0 bridgehead atoms. The molecular formula is C9H7N5O2. The molecule has 0 unspecified atom stereocenters. The Hall–Kier alpha value is -2.57. The van der Waals surface area contributed by atoms with Crippen LogP contribution in [0.1, 0.15) is 0 Å². The van der Waals surface area contributed by atoms with E-state index in [1.165, 1.54) is 0 Å². The number of H-pyrrole nitrogens is 1. The van der Waals surface area contributed by atoms with Gasteiger partial charge in [0.1, 0.15) is 5.82 Å². The van der Waals surface area contributed by atoms with E-state index >= 15 is 0 Å². The molecule has 1 aromatic heterocycles. The van der Waals surface area contributed by atoms with Crippen LogP contribution < -0.4 is 0 Å². The minimum absolute atomic E-state index is 0.423. The normalized spacial score (nSPS) is 10.8. The second kappa shape index (κ2) is 4.30. The maximum atomic E-state index is 9.96. The first-order chi connectivity index (χ1) is 7.75. The molecule has 0 aliphatic rings. The molecule has 1 heterocycles. The molecule has 0 amide bonds. The summed E-state index contributed by atoms with van der Waals surface area (Å²) < 4.78 is 0. The zero-order valence-corrected chi connectivity index (χ0v) is 8.07. The van der Waals surface area contributed by atoms with E-state index in [9.17, 15) is 10.1 Å². The van der Waals surface area contributed by atoms with E-state index in [4.69, 9.17) is 0 Å². The molecule has 7 nitrogen and oxygen atoms in total. The molecule has 2 aromatic rings. The van der Waals surface area contributed by atoms with Gasteiger partial charge in [-0.1, -0.05) is 0 Å². The fourth-order valence-electron chi connectivity index (χ4n) is 1.20. The van der Waals surface area contributed by atoms with Crippen molar-refractivity contribution in [1.82, 2.24) is 9.97 Å². The van der Waals surface area contributed by atoms with Gasteiger partial charge < -0.3 is 15.1 Å². The van der Waals surface area contributed by atoms with Crippen LogP contribution in [0.5, 0.6) is 0 Å². The Morgan fingerprint density at radius 1 is 1.31 bits per heavy atom. The number of rotatable bonds is 3. The smallest absolute Gasteiger partial charge is 0.203 e. The van der Waals surface area contributed by atoms with Gasteiger partial charge >= 0.3 is 0 Å². The molecule has 0 aliphatic carbocycles. The average Bonchev–Trinajstić information content (AvgIpc) is 2.80. The first kappa shape index (κ1) is 9.97. The van der Waals surface area contributed by atoms with Crippen molar-refractivity contribution in [2.75, 3.05) is 0 Å². The van der Waals surface area contributed by atoms with Crippen LogP contribution in [-0.4, -0.2) is 15.0 Å². The van der Waals surface area contributed by atoms with Crippen molar-refractivity contribution in [1.29, 1.82) is 0 Å². The van der Waals surface area contributed by atoms with Crippen molar-refractivity contribution in [2.45, 2.75) is 0 Å². The molecule has 1 N–H and O–H groups in total. The first-order valence-corrected chi connectivity index (χ1v) is 4.41. The molecule has 80 valence electrons. The third-order valence-electron chi connectivity index (χ3n) is 1.87. The van der Waals surface area contributed by atoms with Crippen LogP contribution in [0.15, 0.2) is 47.0 Å². The summed E-state index contributed by atoms with van der Waals surface area (Å²) >= 11 is 0. The molecule has 1 aromatic carbocycles. The molecule has 7 heteroatoms. The maximum absolute atomic E-state index is 9.96. The predicted octanol–water partition coefficient (Wildman–Crippen LogP) is 2.35. The minimum atomic E-state index is -0.847. The Labute approximate surface area is 90.0 Å². The highest BCUT2D eigenvalue weighted by Gasteiger charge is 2.02. The van der Waals surface area contributed by atoms with Gasteiger partial charge in [-0.15, -0.1) is 0 Å². The number of nitro groups is 1. The number of nitrogens with one attached hydrogen (secondary N) is 1. The lowest BCUT2D eigenvalue weighted by Crippen LogP contribution is -1.81. The molecule has 0 spiro atoms. The van der Waals surface area contributed by atoms with E-state index in [1.807, 2.05) is 0 Å². The Morgan fingerprint density at radius 3 is 2.62 bits per heavy atom. The van der Waals surface area contributed by atoms with Crippen molar-refractivity contribution < 1.29 is 5.03 Å². The Bertz CT molecular complexity index is 503. The SMILES string of the molecule is O=[N+]([O-])N=Nc1ccc(-c2ncc[nH]2)cc1. The molecule has 0 saturated heterocycles. The van der Waals surface area contributed by atoms with Gasteiger partial charge in [0.2, 0.25) is 5.69 Å². The lowest BCUT2D eigenvalue weighted by molar-refractivity contribution is -0.493. The summed E-state index contributed by atoms with van der Waals surface area (Å²) in [7, 11) is 0. The quantitative estimate of drug-likeness (QED) is 0.485. The molecule has 2 rings (SSSR count). The number of aromatic amines is 1. The lowest BCUT2D eigenvalue weighted by atomic mass is 10.2. The molecule has 0 aliphatic heterocycles. The second-order valence-corrected chi connectivity index (χ2v) is 2.91. The lowest BCUT2D eigenvalue weighted by Gasteiger charge is -1.94. The third-order valence-corrected chi connectivity index (χ3v) is 1.87. The van der Waals surface area contributed by atoms with Gasteiger partial charge in [-0.3, -0.25) is 0 Å². The zero-order chi connectivity index (χ0) is 11.4. The monoisotopic (exact) mass is 217 g/mol. The summed E-state index contributed by atoms with van der Waals surface area (Å²) in [6.07, 6.45) is 3.37. The van der Waals surface area contributed by atoms with Crippen LogP contribution in [0.4, 0.5) is 5.69 Å². The molecule has 0 fully saturated rings. The fraction of sp³-hybridized carbons (Fsp3) is 0. The Kier molecular flexibility index (Phi) is 2.68. The number of nitrogens with zero attached hydrogens (tertiary/aromatic N) is 4. The summed E-state index contributed by atoms with van der Waals surface area (Å²) in [5, 5.41) is 15.3. The van der Waals surface area contributed by atoms with E-state index in [2.05, 4.69) is 20.3 Å². The van der Waals surface area contributed by atoms with E-state index in [1.54, 1.807) is 36.7 Å². The topological polar surface area (TPSA) is 96.5 Å². The summed E-state index contributed by atoms with van der Waals surface area (Å²) in [5.74, 6) is 0.734. The van der Waals surface area contributed by atoms with E-state index < -0.39 is 5.03 Å². The maximum Gasteiger partial charge on any atom is 0.203 e. The highest BCUT2D eigenvalue weighted by molar-refractivity contribution is 5.57. The van der Waals surface area contributed by atoms with Crippen LogP contribution in [-0.2, 0) is 0 Å². The Morgan fingerprint density at radius 2 is 2.06 bits per heavy atom. The van der Waals surface area contributed by atoms with Gasteiger partial charge in [-0.2, -0.15) is 0 Å². The Balaban J connectivity index is 2.20. The van der Waals surface area contributed by atoms with Crippen molar-refractivity contribution in [2.24, 2.45) is 10.3 Å². The highest BCUT2D eigenvalue weighted by Crippen LogP contribution is 2.19. The fourth-order valence-corrected chi connectivity index (χ4v) is 1.20. The average molecular weight is 217 g/mol. The highest BCUT2D eigenvalue weighted by atomic mass is 16.7. The molecule has 0 atom stereocenters. The van der Waals surface area contributed by atoms with Crippen LogP contribution in [0.3, 0.4) is 0 Å².